The molecule has 0 aliphatic rings. The van der Waals surface area contributed by atoms with Crippen LogP contribution in [-0.2, 0) is 0 Å². The minimum atomic E-state index is -0.374. The number of nitrogens with two attached hydrogens (primary N) is 1. The average molecular weight is 363 g/mol. The molecule has 0 fully saturated rings. The first-order valence-electron chi connectivity index (χ1n) is 5.88. The van der Waals surface area contributed by atoms with Crippen molar-refractivity contribution in [1.29, 1.82) is 0 Å². The van der Waals surface area contributed by atoms with E-state index in [1.54, 1.807) is 12.1 Å². The molecule has 0 aromatic heterocycles. The van der Waals surface area contributed by atoms with E-state index in [9.17, 15) is 10.1 Å². The van der Waals surface area contributed by atoms with Gasteiger partial charge >= 0.3 is 0 Å². The smallest absolute Gasteiger partial charge is 0.293 e. The largest absolute Gasteiger partial charge is 0.378 e. The summed E-state index contributed by atoms with van der Waals surface area (Å²) in [6.07, 6.45) is 1.66. The van der Waals surface area contributed by atoms with Gasteiger partial charge in [0, 0.05) is 21.7 Å². The number of nitro benzene ring substituents is 1. The molecule has 0 radical (unpaired) electrons. The molecule has 0 atom stereocenters. The Bertz CT molecular complexity index is 433. The van der Waals surface area contributed by atoms with Gasteiger partial charge in [0.15, 0.2) is 0 Å². The van der Waals surface area contributed by atoms with Gasteiger partial charge < -0.3 is 11.1 Å². The summed E-state index contributed by atoms with van der Waals surface area (Å²) in [5.41, 5.74) is 6.46. The van der Waals surface area contributed by atoms with E-state index < -0.39 is 0 Å². The third-order valence-corrected chi connectivity index (χ3v) is 3.87. The highest BCUT2D eigenvalue weighted by Gasteiger charge is 2.22. The van der Waals surface area contributed by atoms with E-state index in [2.05, 4.69) is 27.9 Å². The zero-order valence-electron chi connectivity index (χ0n) is 10.6. The molecule has 1 aromatic rings. The number of anilines is 1. The van der Waals surface area contributed by atoms with Crippen molar-refractivity contribution >= 4 is 34.0 Å². The lowest BCUT2D eigenvalue weighted by molar-refractivity contribution is -0.384. The lowest BCUT2D eigenvalue weighted by Gasteiger charge is -2.27. The van der Waals surface area contributed by atoms with Crippen molar-refractivity contribution in [3.63, 3.8) is 0 Å². The Labute approximate surface area is 120 Å². The number of rotatable bonds is 6. The Kier molecular flexibility index (Phi) is 5.33. The van der Waals surface area contributed by atoms with E-state index >= 15 is 0 Å². The van der Waals surface area contributed by atoms with Crippen LogP contribution in [0.1, 0.15) is 26.7 Å². The maximum atomic E-state index is 11.0. The third-order valence-electron chi connectivity index (χ3n) is 3.20. The second kappa shape index (κ2) is 6.33. The van der Waals surface area contributed by atoms with Crippen LogP contribution in [0.3, 0.4) is 0 Å². The Morgan fingerprint density at radius 3 is 2.56 bits per heavy atom. The van der Waals surface area contributed by atoms with E-state index in [4.69, 9.17) is 5.73 Å². The molecule has 0 heterocycles. The van der Waals surface area contributed by atoms with Crippen molar-refractivity contribution in [2.24, 2.45) is 5.73 Å². The van der Waals surface area contributed by atoms with Crippen molar-refractivity contribution in [3.05, 3.63) is 31.9 Å². The summed E-state index contributed by atoms with van der Waals surface area (Å²) < 4.78 is 0.842. The molecule has 18 heavy (non-hydrogen) atoms. The summed E-state index contributed by atoms with van der Waals surface area (Å²) in [5.74, 6) is 0. The number of nitro groups is 1. The molecule has 5 nitrogen and oxygen atoms in total. The van der Waals surface area contributed by atoms with Crippen molar-refractivity contribution in [2.75, 3.05) is 11.9 Å². The topological polar surface area (TPSA) is 81.2 Å². The first kappa shape index (κ1) is 15.2. The van der Waals surface area contributed by atoms with Crippen molar-refractivity contribution < 1.29 is 4.92 Å². The second-order valence-electron chi connectivity index (χ2n) is 4.34. The van der Waals surface area contributed by atoms with Crippen LogP contribution in [0.5, 0.6) is 0 Å². The Balaban J connectivity index is 2.88. The molecule has 3 N–H and O–H groups in total. The number of hydrogen-bond acceptors (Lipinski definition) is 4. The van der Waals surface area contributed by atoms with Gasteiger partial charge in [-0.25, -0.2) is 0 Å². The van der Waals surface area contributed by atoms with Crippen LogP contribution >= 0.6 is 22.6 Å². The first-order chi connectivity index (χ1) is 8.41. The molecule has 0 bridgehead atoms. The molecule has 0 unspecified atom stereocenters. The summed E-state index contributed by atoms with van der Waals surface area (Å²) in [7, 11) is 0. The van der Waals surface area contributed by atoms with Gasteiger partial charge in [-0.05, 0) is 47.6 Å². The minimum absolute atomic E-state index is 0.0939. The number of halogens is 1. The zero-order valence-corrected chi connectivity index (χ0v) is 12.7. The van der Waals surface area contributed by atoms with E-state index in [0.29, 0.717) is 12.2 Å². The van der Waals surface area contributed by atoms with Gasteiger partial charge in [-0.15, -0.1) is 0 Å². The van der Waals surface area contributed by atoms with Crippen LogP contribution in [0, 0.1) is 13.7 Å². The molecule has 1 rings (SSSR count). The Hall–Kier alpha value is -0.890. The SMILES string of the molecule is CCC(N)(CC)CNc1ccc(I)cc1[N+](=O)[O-]. The molecule has 0 amide bonds. The molecule has 100 valence electrons. The number of hydrogen-bond donors (Lipinski definition) is 2. The van der Waals surface area contributed by atoms with Crippen molar-refractivity contribution in [1.82, 2.24) is 0 Å². The number of benzene rings is 1. The predicted molar refractivity (Wildman–Crippen MR) is 81.8 cm³/mol. The fraction of sp³-hybridized carbons (Fsp3) is 0.500. The van der Waals surface area contributed by atoms with E-state index in [1.807, 2.05) is 19.9 Å². The van der Waals surface area contributed by atoms with Crippen LogP contribution in [0.25, 0.3) is 0 Å². The highest BCUT2D eigenvalue weighted by Crippen LogP contribution is 2.27. The van der Waals surface area contributed by atoms with Crippen LogP contribution < -0.4 is 11.1 Å². The monoisotopic (exact) mass is 363 g/mol. The Morgan fingerprint density at radius 1 is 1.44 bits per heavy atom. The molecule has 0 saturated heterocycles. The highest BCUT2D eigenvalue weighted by atomic mass is 127. The standard InChI is InChI=1S/C12H18IN3O2/c1-3-12(14,4-2)8-15-10-6-5-9(13)7-11(10)16(17)18/h5-7,15H,3-4,8,14H2,1-2H3. The summed E-state index contributed by atoms with van der Waals surface area (Å²) in [4.78, 5) is 10.6. The van der Waals surface area contributed by atoms with Gasteiger partial charge in [-0.2, -0.15) is 0 Å². The predicted octanol–water partition coefficient (Wildman–Crippen LogP) is 3.13. The van der Waals surface area contributed by atoms with Gasteiger partial charge in [-0.3, -0.25) is 10.1 Å². The summed E-state index contributed by atoms with van der Waals surface area (Å²) in [6.45, 7) is 4.57. The molecule has 0 aliphatic heterocycles. The lowest BCUT2D eigenvalue weighted by atomic mass is 9.94. The van der Waals surface area contributed by atoms with E-state index in [-0.39, 0.29) is 16.1 Å². The van der Waals surface area contributed by atoms with Gasteiger partial charge in [-0.1, -0.05) is 13.8 Å². The maximum absolute atomic E-state index is 11.0. The van der Waals surface area contributed by atoms with Crippen LogP contribution in [-0.4, -0.2) is 17.0 Å². The van der Waals surface area contributed by atoms with E-state index in [0.717, 1.165) is 16.4 Å². The van der Waals surface area contributed by atoms with Gasteiger partial charge in [0.1, 0.15) is 5.69 Å². The first-order valence-corrected chi connectivity index (χ1v) is 6.96. The van der Waals surface area contributed by atoms with E-state index in [1.165, 1.54) is 0 Å². The van der Waals surface area contributed by atoms with Gasteiger partial charge in [0.25, 0.3) is 5.69 Å². The number of nitrogens with zero attached hydrogens (tertiary/aromatic N) is 1. The maximum Gasteiger partial charge on any atom is 0.293 e. The molecule has 6 heteroatoms. The van der Waals surface area contributed by atoms with Gasteiger partial charge in [0.2, 0.25) is 0 Å². The zero-order chi connectivity index (χ0) is 13.8. The Morgan fingerprint density at radius 2 is 2.06 bits per heavy atom. The molecule has 1 aromatic carbocycles. The molecule has 0 aliphatic carbocycles. The summed E-state index contributed by atoms with van der Waals surface area (Å²) in [6, 6.07) is 5.12. The van der Waals surface area contributed by atoms with Crippen LogP contribution in [0.4, 0.5) is 11.4 Å². The van der Waals surface area contributed by atoms with Gasteiger partial charge in [0.05, 0.1) is 4.92 Å². The summed E-state index contributed by atoms with van der Waals surface area (Å²) >= 11 is 2.06. The van der Waals surface area contributed by atoms with Crippen LogP contribution in [0.2, 0.25) is 0 Å². The van der Waals surface area contributed by atoms with Crippen molar-refractivity contribution in [2.45, 2.75) is 32.2 Å². The number of nitrogens with one attached hydrogen (secondary N) is 1. The normalized spacial score (nSPS) is 11.3. The quantitative estimate of drug-likeness (QED) is 0.462. The van der Waals surface area contributed by atoms with Crippen molar-refractivity contribution in [3.8, 4) is 0 Å². The summed E-state index contributed by atoms with van der Waals surface area (Å²) in [5, 5.41) is 14.1. The van der Waals surface area contributed by atoms with Crippen LogP contribution in [0.15, 0.2) is 18.2 Å². The minimum Gasteiger partial charge on any atom is -0.378 e. The molecule has 0 saturated carbocycles. The average Bonchev–Trinajstić information content (AvgIpc) is 2.36. The lowest BCUT2D eigenvalue weighted by Crippen LogP contribution is -2.45. The molecular weight excluding hydrogens is 345 g/mol. The second-order valence-corrected chi connectivity index (χ2v) is 5.59. The fourth-order valence-corrected chi connectivity index (χ4v) is 2.05. The highest BCUT2D eigenvalue weighted by molar-refractivity contribution is 14.1. The molecular formula is C12H18IN3O2. The molecule has 0 spiro atoms. The fourth-order valence-electron chi connectivity index (χ4n) is 1.58. The third kappa shape index (κ3) is 3.81.